The van der Waals surface area contributed by atoms with Crippen molar-refractivity contribution in [1.82, 2.24) is 0 Å². The molecule has 130 valence electrons. The largest absolute Gasteiger partial charge is 0.375 e. The summed E-state index contributed by atoms with van der Waals surface area (Å²) in [5, 5.41) is 11.0. The first-order valence-electron chi connectivity index (χ1n) is 8.38. The van der Waals surface area contributed by atoms with Crippen LogP contribution >= 0.6 is 0 Å². The normalized spacial score (nSPS) is 19.9. The molecule has 0 saturated carbocycles. The van der Waals surface area contributed by atoms with Crippen molar-refractivity contribution in [3.05, 3.63) is 65.2 Å². The minimum absolute atomic E-state index is 0.00283. The first kappa shape index (κ1) is 17.4. The van der Waals surface area contributed by atoms with Gasteiger partial charge in [0.15, 0.2) is 11.4 Å². The Morgan fingerprint density at radius 3 is 2.28 bits per heavy atom. The van der Waals surface area contributed by atoms with E-state index in [9.17, 15) is 14.7 Å². The Morgan fingerprint density at radius 2 is 1.68 bits per heavy atom. The van der Waals surface area contributed by atoms with Crippen LogP contribution in [-0.2, 0) is 15.8 Å². The number of likely N-dealkylation sites (N-methyl/N-ethyl adjacent to an activating group) is 1. The Kier molecular flexibility index (Phi) is 4.04. The smallest absolute Gasteiger partial charge is 0.263 e. The van der Waals surface area contributed by atoms with Crippen LogP contribution in [0.2, 0.25) is 0 Å². The first-order valence-corrected chi connectivity index (χ1v) is 8.38. The maximum atomic E-state index is 12.7. The molecule has 1 atom stereocenters. The van der Waals surface area contributed by atoms with E-state index in [0.29, 0.717) is 16.8 Å². The predicted molar refractivity (Wildman–Crippen MR) is 97.8 cm³/mol. The van der Waals surface area contributed by atoms with Gasteiger partial charge in [-0.25, -0.2) is 0 Å². The van der Waals surface area contributed by atoms with Gasteiger partial charge >= 0.3 is 0 Å². The number of carbonyl (C=O) groups is 2. The number of hydrogen-bond acceptors (Lipinski definition) is 3. The Balaban J connectivity index is 1.89. The number of ketones is 1. The predicted octanol–water partition coefficient (Wildman–Crippen LogP) is 3.42. The van der Waals surface area contributed by atoms with Crippen LogP contribution in [0, 0.1) is 0 Å². The minimum Gasteiger partial charge on any atom is -0.375 e. The van der Waals surface area contributed by atoms with Crippen molar-refractivity contribution in [2.75, 3.05) is 11.9 Å². The third-order valence-corrected chi connectivity index (χ3v) is 4.86. The molecule has 0 radical (unpaired) electrons. The van der Waals surface area contributed by atoms with E-state index in [1.807, 2.05) is 12.1 Å². The third-order valence-electron chi connectivity index (χ3n) is 4.86. The molecule has 2 aromatic carbocycles. The van der Waals surface area contributed by atoms with E-state index in [-0.39, 0.29) is 17.6 Å². The number of aliphatic hydroxyl groups is 1. The molecule has 3 rings (SSSR count). The van der Waals surface area contributed by atoms with Crippen molar-refractivity contribution in [2.24, 2.45) is 0 Å². The monoisotopic (exact) mass is 337 g/mol. The molecular weight excluding hydrogens is 314 g/mol. The summed E-state index contributed by atoms with van der Waals surface area (Å²) in [7, 11) is 1.61. The highest BCUT2D eigenvalue weighted by Gasteiger charge is 2.49. The molecule has 2 aromatic rings. The van der Waals surface area contributed by atoms with Gasteiger partial charge in [0.05, 0.1) is 12.1 Å². The maximum absolute atomic E-state index is 12.7. The number of nitrogens with zero attached hydrogens (tertiary/aromatic N) is 1. The zero-order valence-corrected chi connectivity index (χ0v) is 15.0. The molecule has 1 unspecified atom stereocenters. The molecule has 4 nitrogen and oxygen atoms in total. The van der Waals surface area contributed by atoms with Gasteiger partial charge in [-0.15, -0.1) is 0 Å². The fourth-order valence-electron chi connectivity index (χ4n) is 3.28. The molecule has 1 N–H and O–H groups in total. The second-order valence-corrected chi connectivity index (χ2v) is 7.67. The number of anilines is 1. The lowest BCUT2D eigenvalue weighted by atomic mass is 9.85. The summed E-state index contributed by atoms with van der Waals surface area (Å²) in [5.74, 6) is -0.713. The Bertz CT molecular complexity index is 833. The SMILES string of the molecule is CN1C(=O)C(O)(CC(=O)c2ccc(C(C)(C)C)cc2)c2ccccc21. The van der Waals surface area contributed by atoms with Crippen molar-refractivity contribution in [3.8, 4) is 0 Å². The van der Waals surface area contributed by atoms with E-state index >= 15 is 0 Å². The molecule has 1 amide bonds. The van der Waals surface area contributed by atoms with Crippen molar-refractivity contribution in [2.45, 2.75) is 38.2 Å². The molecule has 1 aliphatic heterocycles. The summed E-state index contributed by atoms with van der Waals surface area (Å²) in [6.45, 7) is 6.32. The van der Waals surface area contributed by atoms with Gasteiger partial charge in [-0.2, -0.15) is 0 Å². The molecule has 4 heteroatoms. The van der Waals surface area contributed by atoms with Gasteiger partial charge in [0.25, 0.3) is 5.91 Å². The number of fused-ring (bicyclic) bond motifs is 1. The number of carbonyl (C=O) groups excluding carboxylic acids is 2. The van der Waals surface area contributed by atoms with Gasteiger partial charge in [0, 0.05) is 18.2 Å². The average Bonchev–Trinajstić information content (AvgIpc) is 2.76. The Hall–Kier alpha value is -2.46. The number of amides is 1. The summed E-state index contributed by atoms with van der Waals surface area (Å²) in [6, 6.07) is 14.4. The second-order valence-electron chi connectivity index (χ2n) is 7.67. The van der Waals surface area contributed by atoms with Gasteiger partial charge < -0.3 is 10.0 Å². The zero-order chi connectivity index (χ0) is 18.4. The number of hydrogen-bond donors (Lipinski definition) is 1. The van der Waals surface area contributed by atoms with Crippen LogP contribution in [0.15, 0.2) is 48.5 Å². The number of Topliss-reactive ketones (excluding diaryl/α,β-unsaturated/α-hetero) is 1. The highest BCUT2D eigenvalue weighted by molar-refractivity contribution is 6.10. The number of rotatable bonds is 3. The third kappa shape index (κ3) is 2.87. The highest BCUT2D eigenvalue weighted by Crippen LogP contribution is 2.42. The Labute approximate surface area is 148 Å². The van der Waals surface area contributed by atoms with Gasteiger partial charge in [-0.3, -0.25) is 9.59 Å². The van der Waals surface area contributed by atoms with Gasteiger partial charge in [0.2, 0.25) is 0 Å². The minimum atomic E-state index is -1.80. The van der Waals surface area contributed by atoms with Crippen LogP contribution in [0.3, 0.4) is 0 Å². The van der Waals surface area contributed by atoms with Crippen LogP contribution < -0.4 is 4.90 Å². The van der Waals surface area contributed by atoms with Crippen molar-refractivity contribution < 1.29 is 14.7 Å². The van der Waals surface area contributed by atoms with E-state index in [1.165, 1.54) is 4.90 Å². The molecule has 0 bridgehead atoms. The van der Waals surface area contributed by atoms with Crippen LogP contribution in [0.1, 0.15) is 48.7 Å². The van der Waals surface area contributed by atoms with Crippen LogP contribution in [0.4, 0.5) is 5.69 Å². The molecule has 0 fully saturated rings. The molecule has 0 spiro atoms. The van der Waals surface area contributed by atoms with Gasteiger partial charge in [-0.05, 0) is 17.0 Å². The summed E-state index contributed by atoms with van der Waals surface area (Å²) >= 11 is 0. The lowest BCUT2D eigenvalue weighted by Gasteiger charge is -2.22. The van der Waals surface area contributed by atoms with Gasteiger partial charge in [0.1, 0.15) is 0 Å². The standard InChI is InChI=1S/C21H23NO3/c1-20(2,3)15-11-9-14(10-12-15)18(23)13-21(25)16-7-5-6-8-17(16)22(4)19(21)24/h5-12,25H,13H2,1-4H3. The molecular formula is C21H23NO3. The lowest BCUT2D eigenvalue weighted by Crippen LogP contribution is -2.40. The number of para-hydroxylation sites is 1. The summed E-state index contributed by atoms with van der Waals surface area (Å²) in [5.41, 5.74) is 0.965. The molecule has 0 aliphatic carbocycles. The highest BCUT2D eigenvalue weighted by atomic mass is 16.3. The van der Waals surface area contributed by atoms with Crippen LogP contribution in [-0.4, -0.2) is 23.8 Å². The van der Waals surface area contributed by atoms with E-state index < -0.39 is 11.5 Å². The second kappa shape index (κ2) is 5.81. The van der Waals surface area contributed by atoms with E-state index in [2.05, 4.69) is 20.8 Å². The zero-order valence-electron chi connectivity index (χ0n) is 15.0. The topological polar surface area (TPSA) is 57.6 Å². The van der Waals surface area contributed by atoms with E-state index in [4.69, 9.17) is 0 Å². The van der Waals surface area contributed by atoms with Gasteiger partial charge in [-0.1, -0.05) is 63.2 Å². The molecule has 1 aliphatic rings. The Morgan fingerprint density at radius 1 is 1.08 bits per heavy atom. The van der Waals surface area contributed by atoms with Crippen molar-refractivity contribution in [3.63, 3.8) is 0 Å². The number of benzene rings is 2. The first-order chi connectivity index (χ1) is 11.6. The van der Waals surface area contributed by atoms with E-state index in [0.717, 1.165) is 5.56 Å². The quantitative estimate of drug-likeness (QED) is 0.873. The summed E-state index contributed by atoms with van der Waals surface area (Å²) < 4.78 is 0. The van der Waals surface area contributed by atoms with E-state index in [1.54, 1.807) is 43.4 Å². The fraction of sp³-hybridized carbons (Fsp3) is 0.333. The summed E-state index contributed by atoms with van der Waals surface area (Å²) in [4.78, 5) is 26.7. The lowest BCUT2D eigenvalue weighted by molar-refractivity contribution is -0.135. The molecule has 0 aromatic heterocycles. The average molecular weight is 337 g/mol. The van der Waals surface area contributed by atoms with Crippen LogP contribution in [0.5, 0.6) is 0 Å². The summed E-state index contributed by atoms with van der Waals surface area (Å²) in [6.07, 6.45) is -0.262. The molecule has 1 heterocycles. The molecule has 25 heavy (non-hydrogen) atoms. The van der Waals surface area contributed by atoms with Crippen molar-refractivity contribution >= 4 is 17.4 Å². The molecule has 0 saturated heterocycles. The maximum Gasteiger partial charge on any atom is 0.263 e. The fourth-order valence-corrected chi connectivity index (χ4v) is 3.28. The van der Waals surface area contributed by atoms with Crippen LogP contribution in [0.25, 0.3) is 0 Å². The van der Waals surface area contributed by atoms with Crippen molar-refractivity contribution in [1.29, 1.82) is 0 Å².